The van der Waals surface area contributed by atoms with Crippen LogP contribution in [0.1, 0.15) is 32.4 Å². The van der Waals surface area contributed by atoms with E-state index in [4.69, 9.17) is 9.47 Å². The van der Waals surface area contributed by atoms with Gasteiger partial charge < -0.3 is 19.5 Å². The van der Waals surface area contributed by atoms with Gasteiger partial charge in [0.15, 0.2) is 18.1 Å². The number of aliphatic hydroxyl groups excluding tert-OH is 1. The summed E-state index contributed by atoms with van der Waals surface area (Å²) in [5, 5.41) is 9.53. The zero-order valence-electron chi connectivity index (χ0n) is 12.5. The van der Waals surface area contributed by atoms with Crippen LogP contribution in [0.25, 0.3) is 0 Å². The van der Waals surface area contributed by atoms with Crippen LogP contribution in [0.3, 0.4) is 0 Å². The second-order valence-electron chi connectivity index (χ2n) is 4.44. The number of aliphatic hydroxyl groups is 1. The first-order valence-electron chi connectivity index (χ1n) is 6.80. The van der Waals surface area contributed by atoms with Gasteiger partial charge in [-0.05, 0) is 38.5 Å². The Balaban J connectivity index is 2.75. The largest absolute Gasteiger partial charge is 0.493 e. The number of carbonyl (C=O) groups is 1. The van der Waals surface area contributed by atoms with E-state index in [1.165, 1.54) is 7.11 Å². The third-order valence-corrected chi connectivity index (χ3v) is 3.14. The van der Waals surface area contributed by atoms with Crippen LogP contribution in [0.15, 0.2) is 18.2 Å². The maximum absolute atomic E-state index is 11.9. The molecule has 112 valence electrons. The van der Waals surface area contributed by atoms with Crippen molar-refractivity contribution in [3.63, 3.8) is 0 Å². The molecular formula is C15H23NO4. The standard InChI is InChI=1S/C15H23NO4/c1-5-16(6-2)15(18)10-20-13-8-7-12(11(3)17)9-14(13)19-4/h7-9,11,17H,5-6,10H2,1-4H3. The highest BCUT2D eigenvalue weighted by Crippen LogP contribution is 2.30. The van der Waals surface area contributed by atoms with E-state index in [2.05, 4.69) is 0 Å². The summed E-state index contributed by atoms with van der Waals surface area (Å²) in [7, 11) is 1.53. The molecule has 0 radical (unpaired) electrons. The van der Waals surface area contributed by atoms with Gasteiger partial charge >= 0.3 is 0 Å². The van der Waals surface area contributed by atoms with Gasteiger partial charge in [-0.2, -0.15) is 0 Å². The Labute approximate surface area is 120 Å². The number of nitrogens with zero attached hydrogens (tertiary/aromatic N) is 1. The Kier molecular flexibility index (Phi) is 6.31. The summed E-state index contributed by atoms with van der Waals surface area (Å²) in [6.07, 6.45) is -0.574. The Morgan fingerprint density at radius 1 is 1.30 bits per heavy atom. The zero-order valence-corrected chi connectivity index (χ0v) is 12.5. The third-order valence-electron chi connectivity index (χ3n) is 3.14. The minimum Gasteiger partial charge on any atom is -0.493 e. The molecule has 0 heterocycles. The lowest BCUT2D eigenvalue weighted by atomic mass is 10.1. The highest BCUT2D eigenvalue weighted by molar-refractivity contribution is 5.77. The second kappa shape index (κ2) is 7.75. The fraction of sp³-hybridized carbons (Fsp3) is 0.533. The van der Waals surface area contributed by atoms with E-state index >= 15 is 0 Å². The molecule has 0 aliphatic heterocycles. The molecule has 0 aliphatic carbocycles. The van der Waals surface area contributed by atoms with Crippen molar-refractivity contribution < 1.29 is 19.4 Å². The van der Waals surface area contributed by atoms with Crippen molar-refractivity contribution in [1.29, 1.82) is 0 Å². The van der Waals surface area contributed by atoms with Crippen molar-refractivity contribution in [3.05, 3.63) is 23.8 Å². The summed E-state index contributed by atoms with van der Waals surface area (Å²) >= 11 is 0. The summed E-state index contributed by atoms with van der Waals surface area (Å²) in [5.74, 6) is 0.949. The molecule has 1 aromatic carbocycles. The van der Waals surface area contributed by atoms with Crippen molar-refractivity contribution in [2.24, 2.45) is 0 Å². The molecule has 1 aromatic rings. The van der Waals surface area contributed by atoms with Crippen molar-refractivity contribution in [1.82, 2.24) is 4.90 Å². The van der Waals surface area contributed by atoms with E-state index in [0.29, 0.717) is 24.6 Å². The first-order chi connectivity index (χ1) is 9.53. The van der Waals surface area contributed by atoms with Crippen molar-refractivity contribution >= 4 is 5.91 Å². The first kappa shape index (κ1) is 16.3. The summed E-state index contributed by atoms with van der Waals surface area (Å²) < 4.78 is 10.7. The van der Waals surface area contributed by atoms with Gasteiger partial charge in [-0.25, -0.2) is 0 Å². The molecule has 1 N–H and O–H groups in total. The Hall–Kier alpha value is -1.75. The highest BCUT2D eigenvalue weighted by atomic mass is 16.5. The van der Waals surface area contributed by atoms with E-state index in [9.17, 15) is 9.90 Å². The van der Waals surface area contributed by atoms with Crippen molar-refractivity contribution in [3.8, 4) is 11.5 Å². The molecule has 0 saturated carbocycles. The Morgan fingerprint density at radius 2 is 1.95 bits per heavy atom. The number of ether oxygens (including phenoxy) is 2. The smallest absolute Gasteiger partial charge is 0.260 e. The van der Waals surface area contributed by atoms with Gasteiger partial charge in [0.1, 0.15) is 0 Å². The van der Waals surface area contributed by atoms with Crippen LogP contribution in [-0.4, -0.2) is 42.7 Å². The quantitative estimate of drug-likeness (QED) is 0.830. The number of rotatable bonds is 7. The summed E-state index contributed by atoms with van der Waals surface area (Å²) in [6.45, 7) is 6.84. The van der Waals surface area contributed by atoms with Gasteiger partial charge in [-0.3, -0.25) is 4.79 Å². The van der Waals surface area contributed by atoms with Crippen molar-refractivity contribution in [2.75, 3.05) is 26.8 Å². The highest BCUT2D eigenvalue weighted by Gasteiger charge is 2.13. The number of likely N-dealkylation sites (N-methyl/N-ethyl adjacent to an activating group) is 1. The number of carbonyl (C=O) groups excluding carboxylic acids is 1. The zero-order chi connectivity index (χ0) is 15.1. The van der Waals surface area contributed by atoms with E-state index in [1.54, 1.807) is 30.0 Å². The predicted molar refractivity (Wildman–Crippen MR) is 77.1 cm³/mol. The lowest BCUT2D eigenvalue weighted by Gasteiger charge is -2.19. The first-order valence-corrected chi connectivity index (χ1v) is 6.80. The number of hydrogen-bond acceptors (Lipinski definition) is 4. The molecular weight excluding hydrogens is 258 g/mol. The minimum absolute atomic E-state index is 0.0218. The number of amides is 1. The molecule has 0 saturated heterocycles. The average molecular weight is 281 g/mol. The van der Waals surface area contributed by atoms with Gasteiger partial charge in [0.2, 0.25) is 0 Å². The van der Waals surface area contributed by atoms with Gasteiger partial charge in [0.05, 0.1) is 13.2 Å². The predicted octanol–water partition coefficient (Wildman–Crippen LogP) is 2.00. The third kappa shape index (κ3) is 4.13. The molecule has 0 bridgehead atoms. The van der Waals surface area contributed by atoms with Crippen molar-refractivity contribution in [2.45, 2.75) is 26.9 Å². The molecule has 0 fully saturated rings. The van der Waals surface area contributed by atoms with Gasteiger partial charge in [-0.1, -0.05) is 6.07 Å². The van der Waals surface area contributed by atoms with E-state index < -0.39 is 6.10 Å². The number of benzene rings is 1. The topological polar surface area (TPSA) is 59.0 Å². The fourth-order valence-electron chi connectivity index (χ4n) is 1.87. The normalized spacial score (nSPS) is 11.8. The average Bonchev–Trinajstić information content (AvgIpc) is 2.45. The van der Waals surface area contributed by atoms with Crippen LogP contribution in [0.4, 0.5) is 0 Å². The molecule has 20 heavy (non-hydrogen) atoms. The van der Waals surface area contributed by atoms with Crippen LogP contribution < -0.4 is 9.47 Å². The molecule has 0 spiro atoms. The lowest BCUT2D eigenvalue weighted by molar-refractivity contribution is -0.132. The van der Waals surface area contributed by atoms with E-state index in [-0.39, 0.29) is 12.5 Å². The molecule has 0 aromatic heterocycles. The molecule has 1 amide bonds. The lowest BCUT2D eigenvalue weighted by Crippen LogP contribution is -2.34. The Morgan fingerprint density at radius 3 is 2.45 bits per heavy atom. The van der Waals surface area contributed by atoms with Crippen LogP contribution in [0.5, 0.6) is 11.5 Å². The molecule has 5 heteroatoms. The maximum atomic E-state index is 11.9. The maximum Gasteiger partial charge on any atom is 0.260 e. The summed E-state index contributed by atoms with van der Waals surface area (Å²) in [4.78, 5) is 13.6. The Bertz CT molecular complexity index is 441. The molecule has 1 rings (SSSR count). The molecule has 5 nitrogen and oxygen atoms in total. The van der Waals surface area contributed by atoms with E-state index in [0.717, 1.165) is 5.56 Å². The molecule has 1 unspecified atom stereocenters. The van der Waals surface area contributed by atoms with Crippen LogP contribution in [0.2, 0.25) is 0 Å². The summed E-state index contributed by atoms with van der Waals surface area (Å²) in [6, 6.07) is 5.17. The van der Waals surface area contributed by atoms with Crippen LogP contribution in [0, 0.1) is 0 Å². The molecule has 0 aliphatic rings. The van der Waals surface area contributed by atoms with Crippen LogP contribution >= 0.6 is 0 Å². The number of hydrogen-bond donors (Lipinski definition) is 1. The molecule has 1 atom stereocenters. The fourth-order valence-corrected chi connectivity index (χ4v) is 1.87. The SMILES string of the molecule is CCN(CC)C(=O)COc1ccc(C(C)O)cc1OC. The van der Waals surface area contributed by atoms with Gasteiger partial charge in [-0.15, -0.1) is 0 Å². The van der Waals surface area contributed by atoms with Gasteiger partial charge in [0.25, 0.3) is 5.91 Å². The second-order valence-corrected chi connectivity index (χ2v) is 4.44. The van der Waals surface area contributed by atoms with E-state index in [1.807, 2.05) is 13.8 Å². The van der Waals surface area contributed by atoms with Gasteiger partial charge in [0, 0.05) is 13.1 Å². The van der Waals surface area contributed by atoms with Crippen LogP contribution in [-0.2, 0) is 4.79 Å². The minimum atomic E-state index is -0.574. The monoisotopic (exact) mass is 281 g/mol. The number of methoxy groups -OCH3 is 1. The summed E-state index contributed by atoms with van der Waals surface area (Å²) in [5.41, 5.74) is 0.740.